The van der Waals surface area contributed by atoms with E-state index in [1.54, 1.807) is 11.3 Å². The maximum Gasteiger partial charge on any atom is 0.0571 e. The fourth-order valence-electron chi connectivity index (χ4n) is 1.63. The molecule has 2 aromatic rings. The molecule has 0 bridgehead atoms. The van der Waals surface area contributed by atoms with E-state index in [9.17, 15) is 0 Å². The van der Waals surface area contributed by atoms with Gasteiger partial charge < -0.3 is 5.73 Å². The first-order valence-corrected chi connectivity index (χ1v) is 8.14. The van der Waals surface area contributed by atoms with Gasteiger partial charge >= 0.3 is 0 Å². The van der Waals surface area contributed by atoms with Gasteiger partial charge in [-0.1, -0.05) is 19.1 Å². The first-order valence-electron chi connectivity index (χ1n) is 5.42. The zero-order valence-electron chi connectivity index (χ0n) is 9.52. The van der Waals surface area contributed by atoms with Crippen LogP contribution < -0.4 is 5.73 Å². The summed E-state index contributed by atoms with van der Waals surface area (Å²) < 4.78 is 1.10. The molecule has 0 aliphatic carbocycles. The minimum atomic E-state index is -0.0451. The molecule has 0 radical (unpaired) electrons. The van der Waals surface area contributed by atoms with Crippen molar-refractivity contribution < 1.29 is 0 Å². The highest BCUT2D eigenvalue weighted by molar-refractivity contribution is 9.10. The molecule has 2 rings (SSSR count). The van der Waals surface area contributed by atoms with Crippen molar-refractivity contribution >= 4 is 39.0 Å². The Hall–Kier alpha value is -0.290. The molecule has 1 aromatic heterocycles. The number of thiophene rings is 1. The molecular formula is C13H14BrNS2. The molecule has 1 aromatic carbocycles. The summed E-state index contributed by atoms with van der Waals surface area (Å²) in [6.07, 6.45) is 0. The maximum atomic E-state index is 6.26. The van der Waals surface area contributed by atoms with Gasteiger partial charge in [0.05, 0.1) is 6.04 Å². The van der Waals surface area contributed by atoms with Crippen molar-refractivity contribution in [1.29, 1.82) is 0 Å². The van der Waals surface area contributed by atoms with Crippen molar-refractivity contribution in [3.8, 4) is 0 Å². The minimum Gasteiger partial charge on any atom is -0.320 e. The van der Waals surface area contributed by atoms with Gasteiger partial charge in [-0.15, -0.1) is 11.8 Å². The number of halogens is 1. The van der Waals surface area contributed by atoms with Gasteiger partial charge in [-0.05, 0) is 50.3 Å². The van der Waals surface area contributed by atoms with E-state index in [2.05, 4.69) is 57.9 Å². The van der Waals surface area contributed by atoms with Crippen LogP contribution in [-0.2, 0) is 0 Å². The first kappa shape index (κ1) is 13.1. The minimum absolute atomic E-state index is 0.0451. The molecule has 90 valence electrons. The zero-order chi connectivity index (χ0) is 12.3. The molecule has 0 aliphatic rings. The van der Waals surface area contributed by atoms with E-state index in [0.717, 1.165) is 21.4 Å². The lowest BCUT2D eigenvalue weighted by atomic mass is 10.0. The molecule has 1 heterocycles. The zero-order valence-corrected chi connectivity index (χ0v) is 12.7. The molecule has 2 N–H and O–H groups in total. The number of benzene rings is 1. The predicted octanol–water partition coefficient (Wildman–Crippen LogP) is 4.67. The Morgan fingerprint density at radius 1 is 1.29 bits per heavy atom. The second-order valence-electron chi connectivity index (χ2n) is 3.65. The largest absolute Gasteiger partial charge is 0.320 e. The van der Waals surface area contributed by atoms with E-state index >= 15 is 0 Å². The normalized spacial score (nSPS) is 12.6. The summed E-state index contributed by atoms with van der Waals surface area (Å²) in [5.41, 5.74) is 8.57. The van der Waals surface area contributed by atoms with Crippen molar-refractivity contribution in [2.24, 2.45) is 5.73 Å². The molecule has 1 nitrogen and oxygen atoms in total. The molecule has 0 saturated heterocycles. The van der Waals surface area contributed by atoms with E-state index in [1.165, 1.54) is 4.90 Å². The van der Waals surface area contributed by atoms with Gasteiger partial charge in [0, 0.05) is 14.7 Å². The average Bonchev–Trinajstić information content (AvgIpc) is 2.76. The molecule has 1 atom stereocenters. The smallest absolute Gasteiger partial charge is 0.0571 e. The Labute approximate surface area is 119 Å². The van der Waals surface area contributed by atoms with Gasteiger partial charge in [-0.3, -0.25) is 0 Å². The Balaban J connectivity index is 2.20. The number of rotatable bonds is 4. The van der Waals surface area contributed by atoms with Crippen LogP contribution >= 0.6 is 39.0 Å². The maximum absolute atomic E-state index is 6.26. The molecule has 0 fully saturated rings. The highest BCUT2D eigenvalue weighted by atomic mass is 79.9. The van der Waals surface area contributed by atoms with Gasteiger partial charge in [0.2, 0.25) is 0 Å². The highest BCUT2D eigenvalue weighted by Gasteiger charge is 2.12. The monoisotopic (exact) mass is 327 g/mol. The highest BCUT2D eigenvalue weighted by Crippen LogP contribution is 2.30. The lowest BCUT2D eigenvalue weighted by Crippen LogP contribution is -2.11. The summed E-state index contributed by atoms with van der Waals surface area (Å²) in [6, 6.07) is 8.48. The average molecular weight is 328 g/mol. The van der Waals surface area contributed by atoms with Gasteiger partial charge in [0.25, 0.3) is 0 Å². The van der Waals surface area contributed by atoms with E-state index in [1.807, 2.05) is 11.8 Å². The molecule has 4 heteroatoms. The van der Waals surface area contributed by atoms with Crippen LogP contribution in [0.15, 0.2) is 44.4 Å². The van der Waals surface area contributed by atoms with Crippen LogP contribution in [0.3, 0.4) is 0 Å². The van der Waals surface area contributed by atoms with E-state index in [0.29, 0.717) is 0 Å². The fourth-order valence-corrected chi connectivity index (χ4v) is 3.87. The summed E-state index contributed by atoms with van der Waals surface area (Å²) in [6.45, 7) is 2.16. The quantitative estimate of drug-likeness (QED) is 0.825. The molecule has 1 unspecified atom stereocenters. The summed E-state index contributed by atoms with van der Waals surface area (Å²) in [7, 11) is 0. The summed E-state index contributed by atoms with van der Waals surface area (Å²) in [5, 5.41) is 4.17. The molecule has 0 amide bonds. The number of hydrogen-bond donors (Lipinski definition) is 1. The fraction of sp³-hybridized carbons (Fsp3) is 0.231. The van der Waals surface area contributed by atoms with E-state index < -0.39 is 0 Å². The standard InChI is InChI=1S/C13H14BrNS2/c1-2-17-10-5-3-9(4-6-10)13(15)11-7-16-8-12(11)14/h3-8,13H,2,15H2,1H3. The predicted molar refractivity (Wildman–Crippen MR) is 80.9 cm³/mol. The molecular weight excluding hydrogens is 314 g/mol. The summed E-state index contributed by atoms with van der Waals surface area (Å²) >= 11 is 7.05. The van der Waals surface area contributed by atoms with Gasteiger partial charge in [0.1, 0.15) is 0 Å². The van der Waals surface area contributed by atoms with Crippen LogP contribution in [0.25, 0.3) is 0 Å². The van der Waals surface area contributed by atoms with Crippen LogP contribution in [0.1, 0.15) is 24.1 Å². The topological polar surface area (TPSA) is 26.0 Å². The second kappa shape index (κ2) is 6.05. The van der Waals surface area contributed by atoms with Crippen LogP contribution in [0.5, 0.6) is 0 Å². The summed E-state index contributed by atoms with van der Waals surface area (Å²) in [5.74, 6) is 1.10. The van der Waals surface area contributed by atoms with Crippen molar-refractivity contribution in [2.45, 2.75) is 17.9 Å². The Morgan fingerprint density at radius 3 is 2.53 bits per heavy atom. The van der Waals surface area contributed by atoms with Gasteiger partial charge in [-0.2, -0.15) is 11.3 Å². The molecule has 0 saturated carbocycles. The van der Waals surface area contributed by atoms with Crippen molar-refractivity contribution in [1.82, 2.24) is 0 Å². The van der Waals surface area contributed by atoms with Crippen LogP contribution in [0, 0.1) is 0 Å². The molecule has 0 spiro atoms. The Morgan fingerprint density at radius 2 is 2.00 bits per heavy atom. The summed E-state index contributed by atoms with van der Waals surface area (Å²) in [4.78, 5) is 1.30. The second-order valence-corrected chi connectivity index (χ2v) is 6.59. The Kier molecular flexibility index (Phi) is 4.68. The van der Waals surface area contributed by atoms with Crippen molar-refractivity contribution in [3.63, 3.8) is 0 Å². The van der Waals surface area contributed by atoms with Gasteiger partial charge in [-0.25, -0.2) is 0 Å². The third-order valence-electron chi connectivity index (χ3n) is 2.53. The molecule has 17 heavy (non-hydrogen) atoms. The number of thioether (sulfide) groups is 1. The van der Waals surface area contributed by atoms with Crippen LogP contribution in [-0.4, -0.2) is 5.75 Å². The van der Waals surface area contributed by atoms with Crippen LogP contribution in [0.2, 0.25) is 0 Å². The number of hydrogen-bond acceptors (Lipinski definition) is 3. The first-order chi connectivity index (χ1) is 8.22. The van der Waals surface area contributed by atoms with E-state index in [-0.39, 0.29) is 6.04 Å². The third-order valence-corrected chi connectivity index (χ3v) is 5.17. The van der Waals surface area contributed by atoms with Crippen molar-refractivity contribution in [2.75, 3.05) is 5.75 Å². The number of nitrogens with two attached hydrogens (primary N) is 1. The van der Waals surface area contributed by atoms with Gasteiger partial charge in [0.15, 0.2) is 0 Å². The SMILES string of the molecule is CCSc1ccc(C(N)c2cscc2Br)cc1. The lowest BCUT2D eigenvalue weighted by Gasteiger charge is -2.12. The van der Waals surface area contributed by atoms with Crippen LogP contribution in [0.4, 0.5) is 0 Å². The Bertz CT molecular complexity index is 478. The third kappa shape index (κ3) is 3.13. The van der Waals surface area contributed by atoms with E-state index in [4.69, 9.17) is 5.73 Å². The van der Waals surface area contributed by atoms with Crippen molar-refractivity contribution in [3.05, 3.63) is 50.6 Å². The molecule has 0 aliphatic heterocycles. The lowest BCUT2D eigenvalue weighted by molar-refractivity contribution is 0.870.